The summed E-state index contributed by atoms with van der Waals surface area (Å²) in [5.74, 6) is 1.72. The third kappa shape index (κ3) is 6.42. The van der Waals surface area contributed by atoms with Gasteiger partial charge >= 0.3 is 6.09 Å². The molecule has 0 aromatic heterocycles. The molecule has 1 aliphatic rings. The molecule has 7 nitrogen and oxygen atoms in total. The van der Waals surface area contributed by atoms with Gasteiger partial charge in [-0.15, -0.1) is 24.0 Å². The van der Waals surface area contributed by atoms with Gasteiger partial charge in [0.05, 0.1) is 13.7 Å². The minimum absolute atomic E-state index is 0. The lowest BCUT2D eigenvalue weighted by Crippen LogP contribution is -2.55. The van der Waals surface area contributed by atoms with E-state index >= 15 is 0 Å². The Balaban J connectivity index is 0.00000392. The van der Waals surface area contributed by atoms with Gasteiger partial charge in [0.1, 0.15) is 5.75 Å². The summed E-state index contributed by atoms with van der Waals surface area (Å²) < 4.78 is 10.3. The normalized spacial score (nSPS) is 15.0. The maximum absolute atomic E-state index is 11.8. The highest BCUT2D eigenvalue weighted by Gasteiger charge is 2.26. The summed E-state index contributed by atoms with van der Waals surface area (Å²) in [4.78, 5) is 20.2. The van der Waals surface area contributed by atoms with Crippen molar-refractivity contribution in [2.24, 2.45) is 4.99 Å². The first-order valence-corrected chi connectivity index (χ1v) is 9.43. The van der Waals surface area contributed by atoms with E-state index in [-0.39, 0.29) is 35.5 Å². The first kappa shape index (κ1) is 24.3. The molecule has 1 heterocycles. The topological polar surface area (TPSA) is 66.4 Å². The number of nitrogens with zero attached hydrogens (tertiary/aromatic N) is 3. The second-order valence-corrected chi connectivity index (χ2v) is 7.19. The van der Waals surface area contributed by atoms with E-state index in [1.807, 2.05) is 19.1 Å². The molecular weight excluding hydrogens is 471 g/mol. The zero-order valence-electron chi connectivity index (χ0n) is 17.5. The standard InChI is InChI=1S/C20H32N4O3.HI/c1-6-27-19(25)24-13-11-23(12-14-24)18(21-4)22-15-20(2,3)16-7-9-17(26-5)10-8-16;/h7-10H,6,11-15H2,1-5H3,(H,21,22);1H. The number of aliphatic imine (C=N–C) groups is 1. The number of nitrogens with one attached hydrogen (secondary N) is 1. The smallest absolute Gasteiger partial charge is 0.409 e. The van der Waals surface area contributed by atoms with Crippen molar-refractivity contribution in [2.75, 3.05) is 53.5 Å². The molecule has 1 aliphatic heterocycles. The Kier molecular flexibility index (Phi) is 9.84. The van der Waals surface area contributed by atoms with Crippen molar-refractivity contribution in [1.29, 1.82) is 0 Å². The van der Waals surface area contributed by atoms with Crippen LogP contribution in [0.25, 0.3) is 0 Å². The van der Waals surface area contributed by atoms with Crippen LogP contribution >= 0.6 is 24.0 Å². The van der Waals surface area contributed by atoms with Crippen molar-refractivity contribution in [1.82, 2.24) is 15.1 Å². The summed E-state index contributed by atoms with van der Waals surface area (Å²) in [5.41, 5.74) is 1.17. The number of halogens is 1. The Morgan fingerprint density at radius 3 is 2.21 bits per heavy atom. The molecule has 8 heteroatoms. The molecule has 1 aromatic rings. The second-order valence-electron chi connectivity index (χ2n) is 7.19. The molecule has 0 saturated carbocycles. The summed E-state index contributed by atoms with van der Waals surface area (Å²) in [6.45, 7) is 10.1. The lowest BCUT2D eigenvalue weighted by molar-refractivity contribution is 0.0914. The molecular formula is C20H33IN4O3. The molecule has 0 radical (unpaired) electrons. The average molecular weight is 504 g/mol. The van der Waals surface area contributed by atoms with Crippen LogP contribution in [0.15, 0.2) is 29.3 Å². The third-order valence-electron chi connectivity index (χ3n) is 4.88. The van der Waals surface area contributed by atoms with E-state index in [0.717, 1.165) is 31.3 Å². The number of piperazine rings is 1. The van der Waals surface area contributed by atoms with Gasteiger partial charge in [0.25, 0.3) is 0 Å². The van der Waals surface area contributed by atoms with E-state index in [9.17, 15) is 4.79 Å². The summed E-state index contributed by atoms with van der Waals surface area (Å²) in [6.07, 6.45) is -0.235. The van der Waals surface area contributed by atoms with Crippen molar-refractivity contribution < 1.29 is 14.3 Å². The lowest BCUT2D eigenvalue weighted by Gasteiger charge is -2.37. The molecule has 1 aromatic carbocycles. The molecule has 1 N–H and O–H groups in total. The number of benzene rings is 1. The first-order valence-electron chi connectivity index (χ1n) is 9.43. The summed E-state index contributed by atoms with van der Waals surface area (Å²) >= 11 is 0. The highest BCUT2D eigenvalue weighted by molar-refractivity contribution is 14.0. The minimum atomic E-state index is -0.235. The molecule has 1 amide bonds. The fourth-order valence-corrected chi connectivity index (χ4v) is 3.09. The van der Waals surface area contributed by atoms with Crippen LogP contribution in [0.3, 0.4) is 0 Å². The minimum Gasteiger partial charge on any atom is -0.497 e. The van der Waals surface area contributed by atoms with Gasteiger partial charge in [-0.3, -0.25) is 4.99 Å². The molecule has 0 bridgehead atoms. The summed E-state index contributed by atoms with van der Waals surface area (Å²) in [5, 5.41) is 3.49. The lowest BCUT2D eigenvalue weighted by atomic mass is 9.84. The van der Waals surface area contributed by atoms with Crippen LogP contribution in [0.4, 0.5) is 4.79 Å². The van der Waals surface area contributed by atoms with Crippen LogP contribution < -0.4 is 10.1 Å². The number of hydrogen-bond acceptors (Lipinski definition) is 4. The fraction of sp³-hybridized carbons (Fsp3) is 0.600. The summed E-state index contributed by atoms with van der Waals surface area (Å²) in [6, 6.07) is 8.17. The van der Waals surface area contributed by atoms with Gasteiger partial charge in [0.15, 0.2) is 5.96 Å². The van der Waals surface area contributed by atoms with Crippen molar-refractivity contribution in [2.45, 2.75) is 26.2 Å². The number of carbonyl (C=O) groups is 1. The molecule has 1 saturated heterocycles. The molecule has 2 rings (SSSR count). The monoisotopic (exact) mass is 504 g/mol. The molecule has 1 fully saturated rings. The van der Waals surface area contributed by atoms with Gasteiger partial charge in [-0.05, 0) is 24.6 Å². The van der Waals surface area contributed by atoms with E-state index in [0.29, 0.717) is 19.7 Å². The molecule has 0 spiro atoms. The number of rotatable bonds is 5. The third-order valence-corrected chi connectivity index (χ3v) is 4.88. The van der Waals surface area contributed by atoms with Gasteiger partial charge in [-0.25, -0.2) is 4.79 Å². The van der Waals surface area contributed by atoms with Crippen LogP contribution in [0.5, 0.6) is 5.75 Å². The van der Waals surface area contributed by atoms with Crippen LogP contribution in [0.1, 0.15) is 26.3 Å². The van der Waals surface area contributed by atoms with Crippen LogP contribution in [-0.2, 0) is 10.2 Å². The van der Waals surface area contributed by atoms with E-state index < -0.39 is 0 Å². The highest BCUT2D eigenvalue weighted by Crippen LogP contribution is 2.24. The number of hydrogen-bond donors (Lipinski definition) is 1. The molecule has 158 valence electrons. The zero-order valence-corrected chi connectivity index (χ0v) is 19.9. The zero-order chi connectivity index (χ0) is 19.9. The van der Waals surface area contributed by atoms with Crippen molar-refractivity contribution >= 4 is 36.0 Å². The van der Waals surface area contributed by atoms with Gasteiger partial charge in [-0.1, -0.05) is 26.0 Å². The quantitative estimate of drug-likeness (QED) is 0.380. The number of carbonyl (C=O) groups excluding carboxylic acids is 1. The highest BCUT2D eigenvalue weighted by atomic mass is 127. The Hall–Kier alpha value is -1.71. The van der Waals surface area contributed by atoms with E-state index in [1.165, 1.54) is 5.56 Å². The number of guanidine groups is 1. The number of ether oxygens (including phenoxy) is 2. The van der Waals surface area contributed by atoms with Gasteiger partial charge in [-0.2, -0.15) is 0 Å². The van der Waals surface area contributed by atoms with Crippen LogP contribution in [0, 0.1) is 0 Å². The Morgan fingerprint density at radius 1 is 1.14 bits per heavy atom. The van der Waals surface area contributed by atoms with E-state index in [4.69, 9.17) is 9.47 Å². The van der Waals surface area contributed by atoms with Gasteiger partial charge in [0.2, 0.25) is 0 Å². The molecule has 28 heavy (non-hydrogen) atoms. The van der Waals surface area contributed by atoms with Crippen molar-refractivity contribution in [3.63, 3.8) is 0 Å². The first-order chi connectivity index (χ1) is 12.9. The maximum Gasteiger partial charge on any atom is 0.409 e. The van der Waals surface area contributed by atoms with Crippen LogP contribution in [-0.4, -0.2) is 75.3 Å². The predicted molar refractivity (Wildman–Crippen MR) is 123 cm³/mol. The predicted octanol–water partition coefficient (Wildman–Crippen LogP) is 2.94. The molecule has 0 aliphatic carbocycles. The number of amides is 1. The SMILES string of the molecule is CCOC(=O)N1CCN(C(=NC)NCC(C)(C)c2ccc(OC)cc2)CC1.I. The van der Waals surface area contributed by atoms with Crippen LogP contribution in [0.2, 0.25) is 0 Å². The molecule has 0 atom stereocenters. The van der Waals surface area contributed by atoms with E-state index in [1.54, 1.807) is 19.1 Å². The fourth-order valence-electron chi connectivity index (χ4n) is 3.09. The van der Waals surface area contributed by atoms with Crippen molar-refractivity contribution in [3.8, 4) is 5.75 Å². The Bertz CT molecular complexity index is 641. The maximum atomic E-state index is 11.8. The van der Waals surface area contributed by atoms with Crippen molar-refractivity contribution in [3.05, 3.63) is 29.8 Å². The van der Waals surface area contributed by atoms with Gasteiger partial charge < -0.3 is 24.6 Å². The Labute approximate surface area is 185 Å². The average Bonchev–Trinajstić information content (AvgIpc) is 2.69. The molecule has 0 unspecified atom stereocenters. The second kappa shape index (κ2) is 11.3. The van der Waals surface area contributed by atoms with E-state index in [2.05, 4.69) is 41.2 Å². The summed E-state index contributed by atoms with van der Waals surface area (Å²) in [7, 11) is 3.47. The number of methoxy groups -OCH3 is 1. The Morgan fingerprint density at radius 2 is 1.71 bits per heavy atom. The largest absolute Gasteiger partial charge is 0.497 e. The van der Waals surface area contributed by atoms with Gasteiger partial charge in [0, 0.05) is 45.2 Å².